The highest BCUT2D eigenvalue weighted by Gasteiger charge is 2.00. The van der Waals surface area contributed by atoms with E-state index in [2.05, 4.69) is 34.2 Å². The van der Waals surface area contributed by atoms with E-state index in [9.17, 15) is 0 Å². The smallest absolute Gasteiger partial charge is 0.0964 e. The van der Waals surface area contributed by atoms with E-state index < -0.39 is 0 Å². The van der Waals surface area contributed by atoms with Gasteiger partial charge in [0.1, 0.15) is 0 Å². The summed E-state index contributed by atoms with van der Waals surface area (Å²) >= 11 is 0. The molecule has 3 aromatic rings. The summed E-state index contributed by atoms with van der Waals surface area (Å²) in [6, 6.07) is 12.1. The molecule has 2 heterocycles. The molecule has 3 heteroatoms. The van der Waals surface area contributed by atoms with Gasteiger partial charge in [0.15, 0.2) is 0 Å². The molecule has 0 amide bonds. The molecule has 0 aliphatic heterocycles. The largest absolute Gasteiger partial charge is 0.254 e. The fraction of sp³-hybridized carbons (Fsp3) is 0. The van der Waals surface area contributed by atoms with Gasteiger partial charge in [-0.15, -0.1) is 0 Å². The number of nitrogens with zero attached hydrogens (tertiary/aromatic N) is 2. The van der Waals surface area contributed by atoms with E-state index in [4.69, 9.17) is 0 Å². The van der Waals surface area contributed by atoms with Crippen LogP contribution in [0.25, 0.3) is 21.8 Å². The zero-order chi connectivity index (χ0) is 9.38. The number of hydrogen-bond acceptors (Lipinski definition) is 2. The van der Waals surface area contributed by atoms with Gasteiger partial charge in [0.05, 0.1) is 11.0 Å². The molecule has 0 saturated carbocycles. The predicted octanol–water partition coefficient (Wildman–Crippen LogP) is 2.90. The van der Waals surface area contributed by atoms with Crippen molar-refractivity contribution in [3.05, 3.63) is 48.8 Å². The Kier molecular flexibility index (Phi) is 2.56. The second-order valence-electron chi connectivity index (χ2n) is 3.22. The van der Waals surface area contributed by atoms with Crippen molar-refractivity contribution in [2.24, 2.45) is 0 Å². The van der Waals surface area contributed by atoms with E-state index in [1.54, 1.807) is 12.4 Å². The summed E-state index contributed by atoms with van der Waals surface area (Å²) in [5, 5.41) is 2.28. The SMILES string of the molecule is S.c1cnc2c(c1)ccc1cccnc12. The summed E-state index contributed by atoms with van der Waals surface area (Å²) in [4.78, 5) is 8.69. The van der Waals surface area contributed by atoms with Crippen molar-refractivity contribution >= 4 is 35.3 Å². The molecule has 0 saturated heterocycles. The van der Waals surface area contributed by atoms with Crippen molar-refractivity contribution in [3.8, 4) is 0 Å². The van der Waals surface area contributed by atoms with Crippen LogP contribution in [-0.2, 0) is 0 Å². The van der Waals surface area contributed by atoms with Crippen LogP contribution in [0.3, 0.4) is 0 Å². The molecule has 3 rings (SSSR count). The maximum Gasteiger partial charge on any atom is 0.0964 e. The fourth-order valence-electron chi connectivity index (χ4n) is 1.68. The Morgan fingerprint density at radius 3 is 1.60 bits per heavy atom. The molecular formula is C12H10N2S. The van der Waals surface area contributed by atoms with Gasteiger partial charge in [-0.25, -0.2) is 0 Å². The van der Waals surface area contributed by atoms with Crippen molar-refractivity contribution in [2.45, 2.75) is 0 Å². The average molecular weight is 214 g/mol. The average Bonchev–Trinajstić information content (AvgIpc) is 2.29. The van der Waals surface area contributed by atoms with Crippen LogP contribution in [-0.4, -0.2) is 9.97 Å². The monoisotopic (exact) mass is 214 g/mol. The number of aromatic nitrogens is 2. The van der Waals surface area contributed by atoms with E-state index in [-0.39, 0.29) is 13.5 Å². The van der Waals surface area contributed by atoms with E-state index in [0.717, 1.165) is 21.8 Å². The number of fused-ring (bicyclic) bond motifs is 3. The highest BCUT2D eigenvalue weighted by Crippen LogP contribution is 2.20. The number of hydrogen-bond donors (Lipinski definition) is 0. The van der Waals surface area contributed by atoms with Gasteiger partial charge in [-0.3, -0.25) is 9.97 Å². The summed E-state index contributed by atoms with van der Waals surface area (Å²) in [5.41, 5.74) is 1.95. The topological polar surface area (TPSA) is 25.8 Å². The summed E-state index contributed by atoms with van der Waals surface area (Å²) in [5.74, 6) is 0. The molecule has 0 atom stereocenters. The van der Waals surface area contributed by atoms with Gasteiger partial charge in [-0.2, -0.15) is 13.5 Å². The summed E-state index contributed by atoms with van der Waals surface area (Å²) < 4.78 is 0. The fourth-order valence-corrected chi connectivity index (χ4v) is 1.68. The zero-order valence-electron chi connectivity index (χ0n) is 8.01. The lowest BCUT2D eigenvalue weighted by molar-refractivity contribution is 1.37. The maximum atomic E-state index is 4.35. The minimum atomic E-state index is 0. The first-order valence-corrected chi connectivity index (χ1v) is 4.53. The van der Waals surface area contributed by atoms with E-state index in [1.165, 1.54) is 0 Å². The third kappa shape index (κ3) is 1.55. The van der Waals surface area contributed by atoms with Crippen LogP contribution in [0.5, 0.6) is 0 Å². The van der Waals surface area contributed by atoms with Crippen molar-refractivity contribution in [1.29, 1.82) is 0 Å². The lowest BCUT2D eigenvalue weighted by atomic mass is 10.1. The molecule has 2 nitrogen and oxygen atoms in total. The van der Waals surface area contributed by atoms with E-state index in [0.29, 0.717) is 0 Å². The first-order valence-electron chi connectivity index (χ1n) is 4.53. The molecule has 2 aromatic heterocycles. The van der Waals surface area contributed by atoms with Crippen LogP contribution in [0, 0.1) is 0 Å². The van der Waals surface area contributed by atoms with Crippen LogP contribution >= 0.6 is 13.5 Å². The molecule has 74 valence electrons. The number of benzene rings is 1. The lowest BCUT2D eigenvalue weighted by Crippen LogP contribution is -1.83. The highest BCUT2D eigenvalue weighted by molar-refractivity contribution is 7.59. The second kappa shape index (κ2) is 3.87. The quantitative estimate of drug-likeness (QED) is 0.538. The predicted molar refractivity (Wildman–Crippen MR) is 67.4 cm³/mol. The standard InChI is InChI=1S/C12H8N2.H2S/c1-3-9-5-6-10-4-2-8-14-12(10)11(9)13-7-1;/h1-8H;1H2. The Morgan fingerprint density at radius 2 is 1.13 bits per heavy atom. The van der Waals surface area contributed by atoms with Crippen LogP contribution in [0.1, 0.15) is 0 Å². The Hall–Kier alpha value is -1.61. The molecule has 0 spiro atoms. The van der Waals surface area contributed by atoms with Gasteiger partial charge in [0.25, 0.3) is 0 Å². The molecule has 0 aliphatic carbocycles. The van der Waals surface area contributed by atoms with Crippen LogP contribution in [0.4, 0.5) is 0 Å². The van der Waals surface area contributed by atoms with Gasteiger partial charge in [0.2, 0.25) is 0 Å². The Morgan fingerprint density at radius 1 is 0.667 bits per heavy atom. The third-order valence-electron chi connectivity index (χ3n) is 2.34. The molecule has 0 bridgehead atoms. The van der Waals surface area contributed by atoms with Crippen LogP contribution < -0.4 is 0 Å². The zero-order valence-corrected chi connectivity index (χ0v) is 9.01. The summed E-state index contributed by atoms with van der Waals surface area (Å²) in [6.07, 6.45) is 3.60. The number of pyridine rings is 2. The second-order valence-corrected chi connectivity index (χ2v) is 3.22. The van der Waals surface area contributed by atoms with Crippen molar-refractivity contribution in [3.63, 3.8) is 0 Å². The highest BCUT2D eigenvalue weighted by atomic mass is 32.1. The Balaban J connectivity index is 0.000000853. The normalized spacial score (nSPS) is 10.1. The Bertz CT molecular complexity index is 553. The molecule has 0 N–H and O–H groups in total. The minimum Gasteiger partial charge on any atom is -0.254 e. The molecule has 1 aromatic carbocycles. The minimum absolute atomic E-state index is 0. The van der Waals surface area contributed by atoms with Crippen LogP contribution in [0.2, 0.25) is 0 Å². The summed E-state index contributed by atoms with van der Waals surface area (Å²) in [6.45, 7) is 0. The maximum absolute atomic E-state index is 4.35. The molecule has 0 radical (unpaired) electrons. The van der Waals surface area contributed by atoms with Crippen molar-refractivity contribution < 1.29 is 0 Å². The Labute approximate surface area is 94.4 Å². The summed E-state index contributed by atoms with van der Waals surface area (Å²) in [7, 11) is 0. The van der Waals surface area contributed by atoms with Gasteiger partial charge >= 0.3 is 0 Å². The molecule has 0 aliphatic rings. The van der Waals surface area contributed by atoms with E-state index in [1.807, 2.05) is 12.1 Å². The first-order chi connectivity index (χ1) is 6.95. The van der Waals surface area contributed by atoms with Gasteiger partial charge in [-0.1, -0.05) is 24.3 Å². The molecule has 15 heavy (non-hydrogen) atoms. The van der Waals surface area contributed by atoms with Crippen LogP contribution in [0.15, 0.2) is 48.8 Å². The van der Waals surface area contributed by atoms with E-state index >= 15 is 0 Å². The van der Waals surface area contributed by atoms with Gasteiger partial charge in [-0.05, 0) is 12.1 Å². The molecule has 0 fully saturated rings. The van der Waals surface area contributed by atoms with Gasteiger partial charge in [0, 0.05) is 23.2 Å². The molecular weight excluding hydrogens is 204 g/mol. The van der Waals surface area contributed by atoms with Crippen molar-refractivity contribution in [2.75, 3.05) is 0 Å². The first kappa shape index (κ1) is 9.93. The number of rotatable bonds is 0. The lowest BCUT2D eigenvalue weighted by Gasteiger charge is -2.00. The molecule has 0 unspecified atom stereocenters. The van der Waals surface area contributed by atoms with Crippen molar-refractivity contribution in [1.82, 2.24) is 9.97 Å². The van der Waals surface area contributed by atoms with Gasteiger partial charge < -0.3 is 0 Å². The third-order valence-corrected chi connectivity index (χ3v) is 2.34.